The molecular formula is C12H12N4. The molecule has 1 aromatic heterocycles. The molecule has 16 heavy (non-hydrogen) atoms. The first-order valence-electron chi connectivity index (χ1n) is 4.86. The molecule has 0 fully saturated rings. The van der Waals surface area contributed by atoms with Crippen LogP contribution in [0.3, 0.4) is 0 Å². The number of aliphatic imine (C=N–C) groups is 1. The van der Waals surface area contributed by atoms with Crippen molar-refractivity contribution < 1.29 is 0 Å². The zero-order valence-corrected chi connectivity index (χ0v) is 8.67. The molecule has 0 spiro atoms. The molecule has 2 rings (SSSR count). The Morgan fingerprint density at radius 3 is 2.56 bits per heavy atom. The summed E-state index contributed by atoms with van der Waals surface area (Å²) in [5, 5.41) is 0. The summed E-state index contributed by atoms with van der Waals surface area (Å²) in [6, 6.07) is 11.5. The van der Waals surface area contributed by atoms with E-state index in [0.29, 0.717) is 0 Å². The quantitative estimate of drug-likeness (QED) is 0.587. The van der Waals surface area contributed by atoms with Crippen LogP contribution in [0.25, 0.3) is 11.1 Å². The summed E-state index contributed by atoms with van der Waals surface area (Å²) in [6.45, 7) is 0. The number of hydrogen-bond donors (Lipinski definition) is 2. The van der Waals surface area contributed by atoms with E-state index in [1.807, 2.05) is 36.4 Å². The largest absolute Gasteiger partial charge is 0.370 e. The van der Waals surface area contributed by atoms with Crippen molar-refractivity contribution in [2.45, 2.75) is 0 Å². The Kier molecular flexibility index (Phi) is 2.82. The molecule has 2 aromatic rings. The summed E-state index contributed by atoms with van der Waals surface area (Å²) in [7, 11) is 0. The maximum absolute atomic E-state index is 5.38. The zero-order chi connectivity index (χ0) is 11.4. The molecule has 1 aromatic carbocycles. The van der Waals surface area contributed by atoms with Crippen LogP contribution in [0, 0.1) is 0 Å². The maximum atomic E-state index is 5.38. The van der Waals surface area contributed by atoms with E-state index < -0.39 is 0 Å². The normalized spacial score (nSPS) is 9.75. The Hall–Kier alpha value is -2.36. The molecule has 4 heteroatoms. The van der Waals surface area contributed by atoms with Gasteiger partial charge in [-0.25, -0.2) is 4.99 Å². The van der Waals surface area contributed by atoms with Gasteiger partial charge in [-0.1, -0.05) is 24.3 Å². The average Bonchev–Trinajstić information content (AvgIpc) is 2.30. The van der Waals surface area contributed by atoms with Gasteiger partial charge in [0.1, 0.15) is 0 Å². The monoisotopic (exact) mass is 212 g/mol. The van der Waals surface area contributed by atoms with Crippen molar-refractivity contribution in [1.29, 1.82) is 0 Å². The van der Waals surface area contributed by atoms with Crippen LogP contribution in [0.4, 0.5) is 5.69 Å². The van der Waals surface area contributed by atoms with Gasteiger partial charge in [-0.2, -0.15) is 0 Å². The van der Waals surface area contributed by atoms with E-state index in [0.717, 1.165) is 16.8 Å². The number of hydrogen-bond acceptors (Lipinski definition) is 2. The summed E-state index contributed by atoms with van der Waals surface area (Å²) >= 11 is 0. The lowest BCUT2D eigenvalue weighted by atomic mass is 10.1. The van der Waals surface area contributed by atoms with E-state index in [-0.39, 0.29) is 5.96 Å². The van der Waals surface area contributed by atoms with Crippen molar-refractivity contribution >= 4 is 11.6 Å². The summed E-state index contributed by atoms with van der Waals surface area (Å²) in [4.78, 5) is 8.15. The van der Waals surface area contributed by atoms with Crippen LogP contribution in [0.5, 0.6) is 0 Å². The molecule has 0 saturated heterocycles. The number of guanidine groups is 1. The van der Waals surface area contributed by atoms with E-state index in [1.54, 1.807) is 12.4 Å². The van der Waals surface area contributed by atoms with Crippen LogP contribution in [-0.4, -0.2) is 10.9 Å². The van der Waals surface area contributed by atoms with Gasteiger partial charge in [0.15, 0.2) is 5.96 Å². The Morgan fingerprint density at radius 1 is 1.06 bits per heavy atom. The lowest BCUT2D eigenvalue weighted by molar-refractivity contribution is 1.32. The topological polar surface area (TPSA) is 77.3 Å². The minimum atomic E-state index is 0.0522. The number of benzene rings is 1. The third kappa shape index (κ3) is 2.17. The van der Waals surface area contributed by atoms with Gasteiger partial charge in [-0.15, -0.1) is 0 Å². The number of pyridine rings is 1. The first kappa shape index (κ1) is 10.2. The van der Waals surface area contributed by atoms with Crippen molar-refractivity contribution in [3.8, 4) is 11.1 Å². The minimum Gasteiger partial charge on any atom is -0.370 e. The molecule has 0 bridgehead atoms. The third-order valence-electron chi connectivity index (χ3n) is 2.13. The van der Waals surface area contributed by atoms with Crippen LogP contribution < -0.4 is 11.5 Å². The van der Waals surface area contributed by atoms with Crippen LogP contribution in [-0.2, 0) is 0 Å². The number of nitrogens with zero attached hydrogens (tertiary/aromatic N) is 2. The van der Waals surface area contributed by atoms with Gasteiger partial charge >= 0.3 is 0 Å². The Labute approximate surface area is 93.6 Å². The fraction of sp³-hybridized carbons (Fsp3) is 0. The van der Waals surface area contributed by atoms with Crippen molar-refractivity contribution in [3.05, 3.63) is 48.8 Å². The van der Waals surface area contributed by atoms with Gasteiger partial charge in [0, 0.05) is 23.5 Å². The van der Waals surface area contributed by atoms with Crippen molar-refractivity contribution in [2.75, 3.05) is 0 Å². The van der Waals surface area contributed by atoms with E-state index in [2.05, 4.69) is 9.98 Å². The molecule has 0 unspecified atom stereocenters. The molecule has 0 aliphatic carbocycles. The summed E-state index contributed by atoms with van der Waals surface area (Å²) in [5.41, 5.74) is 13.5. The molecule has 0 saturated carbocycles. The average molecular weight is 212 g/mol. The highest BCUT2D eigenvalue weighted by Crippen LogP contribution is 2.28. The lowest BCUT2D eigenvalue weighted by Crippen LogP contribution is -2.21. The predicted octanol–water partition coefficient (Wildman–Crippen LogP) is 1.65. The number of rotatable bonds is 2. The first-order valence-corrected chi connectivity index (χ1v) is 4.86. The first-order chi connectivity index (χ1) is 7.77. The van der Waals surface area contributed by atoms with E-state index >= 15 is 0 Å². The van der Waals surface area contributed by atoms with Crippen molar-refractivity contribution in [2.24, 2.45) is 16.5 Å². The molecule has 0 radical (unpaired) electrons. The third-order valence-corrected chi connectivity index (χ3v) is 2.13. The van der Waals surface area contributed by atoms with Crippen LogP contribution >= 0.6 is 0 Å². The van der Waals surface area contributed by atoms with Crippen molar-refractivity contribution in [1.82, 2.24) is 4.98 Å². The Balaban J connectivity index is 2.53. The highest BCUT2D eigenvalue weighted by molar-refractivity contribution is 5.84. The molecule has 1 heterocycles. The molecule has 0 amide bonds. The maximum Gasteiger partial charge on any atom is 0.191 e. The standard InChI is InChI=1S/C12H12N4/c13-12(14)16-11-6-2-1-5-10(11)9-4-3-7-15-8-9/h1-8H,(H4,13,14,16). The Morgan fingerprint density at radius 2 is 1.88 bits per heavy atom. The predicted molar refractivity (Wildman–Crippen MR) is 65.1 cm³/mol. The van der Waals surface area contributed by atoms with Gasteiger partial charge < -0.3 is 11.5 Å². The Bertz CT molecular complexity index is 501. The molecule has 0 aliphatic rings. The summed E-state index contributed by atoms with van der Waals surface area (Å²) in [6.07, 6.45) is 3.51. The highest BCUT2D eigenvalue weighted by Gasteiger charge is 2.03. The molecule has 4 nitrogen and oxygen atoms in total. The van der Waals surface area contributed by atoms with Crippen molar-refractivity contribution in [3.63, 3.8) is 0 Å². The fourth-order valence-electron chi connectivity index (χ4n) is 1.48. The fourth-order valence-corrected chi connectivity index (χ4v) is 1.48. The molecule has 0 atom stereocenters. The molecule has 0 aliphatic heterocycles. The summed E-state index contributed by atoms with van der Waals surface area (Å²) in [5.74, 6) is 0.0522. The minimum absolute atomic E-state index is 0.0522. The van der Waals surface area contributed by atoms with Crippen LogP contribution in [0.15, 0.2) is 53.8 Å². The van der Waals surface area contributed by atoms with Gasteiger partial charge in [-0.3, -0.25) is 4.98 Å². The molecule has 4 N–H and O–H groups in total. The number of aromatic nitrogens is 1. The highest BCUT2D eigenvalue weighted by atomic mass is 15.0. The number of nitrogens with two attached hydrogens (primary N) is 2. The SMILES string of the molecule is NC(N)=Nc1ccccc1-c1cccnc1. The van der Waals surface area contributed by atoms with E-state index in [4.69, 9.17) is 11.5 Å². The number of para-hydroxylation sites is 1. The zero-order valence-electron chi connectivity index (χ0n) is 8.67. The van der Waals surface area contributed by atoms with Crippen LogP contribution in [0.1, 0.15) is 0 Å². The second kappa shape index (κ2) is 4.44. The second-order valence-corrected chi connectivity index (χ2v) is 3.30. The smallest absolute Gasteiger partial charge is 0.191 e. The van der Waals surface area contributed by atoms with Gasteiger partial charge in [0.05, 0.1) is 5.69 Å². The second-order valence-electron chi connectivity index (χ2n) is 3.30. The van der Waals surface area contributed by atoms with Crippen LogP contribution in [0.2, 0.25) is 0 Å². The van der Waals surface area contributed by atoms with E-state index in [1.165, 1.54) is 0 Å². The van der Waals surface area contributed by atoms with Gasteiger partial charge in [-0.05, 0) is 12.1 Å². The van der Waals surface area contributed by atoms with Gasteiger partial charge in [0.25, 0.3) is 0 Å². The summed E-state index contributed by atoms with van der Waals surface area (Å²) < 4.78 is 0. The van der Waals surface area contributed by atoms with E-state index in [9.17, 15) is 0 Å². The molecular weight excluding hydrogens is 200 g/mol. The van der Waals surface area contributed by atoms with Gasteiger partial charge in [0.2, 0.25) is 0 Å². The molecule has 80 valence electrons. The lowest BCUT2D eigenvalue weighted by Gasteiger charge is -2.04.